The smallest absolute Gasteiger partial charge is 0.406 e. The number of hydrogen-bond donors (Lipinski definition) is 2. The van der Waals surface area contributed by atoms with Gasteiger partial charge in [-0.3, -0.25) is 14.2 Å². The SMILES string of the molecule is CCc1ccccc1.CS(=O)c1ccc(OC(F)(F)F)cc1CCC(=O)NO. The van der Waals surface area contributed by atoms with Gasteiger partial charge in [-0.05, 0) is 42.2 Å². The summed E-state index contributed by atoms with van der Waals surface area (Å²) >= 11 is 0. The molecule has 0 aliphatic heterocycles. The Hall–Kier alpha value is -2.39. The van der Waals surface area contributed by atoms with Gasteiger partial charge >= 0.3 is 6.36 Å². The second kappa shape index (κ2) is 11.5. The average Bonchev–Trinajstić information content (AvgIpc) is 2.65. The van der Waals surface area contributed by atoms with Crippen molar-refractivity contribution in [3.63, 3.8) is 0 Å². The van der Waals surface area contributed by atoms with Gasteiger partial charge in [-0.15, -0.1) is 13.2 Å². The van der Waals surface area contributed by atoms with Gasteiger partial charge in [0.1, 0.15) is 5.75 Å². The summed E-state index contributed by atoms with van der Waals surface area (Å²) in [7, 11) is -1.42. The van der Waals surface area contributed by atoms with E-state index in [9.17, 15) is 22.2 Å². The first kappa shape index (κ1) is 23.6. The van der Waals surface area contributed by atoms with E-state index in [0.29, 0.717) is 4.90 Å². The fraction of sp³-hybridized carbons (Fsp3) is 0.316. The molecule has 0 aliphatic carbocycles. The van der Waals surface area contributed by atoms with Crippen molar-refractivity contribution in [2.24, 2.45) is 0 Å². The predicted molar refractivity (Wildman–Crippen MR) is 99.5 cm³/mol. The number of benzene rings is 2. The van der Waals surface area contributed by atoms with Crippen LogP contribution in [0.15, 0.2) is 53.4 Å². The molecule has 2 rings (SSSR count). The highest BCUT2D eigenvalue weighted by Crippen LogP contribution is 2.27. The molecule has 0 aliphatic rings. The van der Waals surface area contributed by atoms with Crippen LogP contribution in [0.25, 0.3) is 0 Å². The van der Waals surface area contributed by atoms with Crippen molar-refractivity contribution in [3.05, 3.63) is 59.7 Å². The summed E-state index contributed by atoms with van der Waals surface area (Å²) in [4.78, 5) is 11.2. The number of amides is 1. The van der Waals surface area contributed by atoms with E-state index in [1.54, 1.807) is 0 Å². The number of halogens is 3. The molecule has 1 amide bonds. The van der Waals surface area contributed by atoms with Crippen LogP contribution < -0.4 is 10.2 Å². The zero-order valence-corrected chi connectivity index (χ0v) is 16.3. The summed E-state index contributed by atoms with van der Waals surface area (Å²) in [5.74, 6) is -1.15. The van der Waals surface area contributed by atoms with Crippen LogP contribution in [0.2, 0.25) is 0 Å². The molecule has 1 atom stereocenters. The van der Waals surface area contributed by atoms with E-state index in [4.69, 9.17) is 5.21 Å². The van der Waals surface area contributed by atoms with E-state index in [1.165, 1.54) is 23.4 Å². The van der Waals surface area contributed by atoms with Crippen molar-refractivity contribution in [3.8, 4) is 5.75 Å². The lowest BCUT2D eigenvalue weighted by molar-refractivity contribution is -0.274. The molecule has 1 unspecified atom stereocenters. The third kappa shape index (κ3) is 9.01. The number of hydroxylamine groups is 1. The first-order valence-electron chi connectivity index (χ1n) is 8.35. The molecular weight excluding hydrogens is 395 g/mol. The van der Waals surface area contributed by atoms with Gasteiger partial charge in [-0.2, -0.15) is 0 Å². The van der Waals surface area contributed by atoms with Crippen LogP contribution in [0.4, 0.5) is 13.2 Å². The highest BCUT2D eigenvalue weighted by Gasteiger charge is 2.31. The van der Waals surface area contributed by atoms with Crippen molar-refractivity contribution >= 4 is 16.7 Å². The predicted octanol–water partition coefficient (Wildman–Crippen LogP) is 4.01. The normalized spacial score (nSPS) is 11.8. The Morgan fingerprint density at radius 2 is 1.82 bits per heavy atom. The highest BCUT2D eigenvalue weighted by molar-refractivity contribution is 7.84. The van der Waals surface area contributed by atoms with Crippen molar-refractivity contribution in [2.45, 2.75) is 37.4 Å². The molecular formula is C19H22F3NO4S. The molecule has 0 radical (unpaired) electrons. The Bertz CT molecular complexity index is 782. The third-order valence-electron chi connectivity index (χ3n) is 3.57. The van der Waals surface area contributed by atoms with Gasteiger partial charge in [0.2, 0.25) is 5.91 Å². The van der Waals surface area contributed by atoms with Gasteiger partial charge in [-0.1, -0.05) is 37.3 Å². The van der Waals surface area contributed by atoms with Crippen LogP contribution in [-0.4, -0.2) is 27.9 Å². The number of rotatable bonds is 6. The Kier molecular flexibility index (Phi) is 9.67. The largest absolute Gasteiger partial charge is 0.573 e. The second-order valence-electron chi connectivity index (χ2n) is 5.65. The summed E-state index contributed by atoms with van der Waals surface area (Å²) < 4.78 is 51.6. The van der Waals surface area contributed by atoms with Crippen molar-refractivity contribution < 1.29 is 32.1 Å². The van der Waals surface area contributed by atoms with E-state index >= 15 is 0 Å². The fourth-order valence-electron chi connectivity index (χ4n) is 2.25. The number of aryl methyl sites for hydroxylation is 2. The summed E-state index contributed by atoms with van der Waals surface area (Å²) in [6.45, 7) is 2.16. The molecule has 9 heteroatoms. The number of carbonyl (C=O) groups is 1. The third-order valence-corrected chi connectivity index (χ3v) is 4.59. The summed E-state index contributed by atoms with van der Waals surface area (Å²) in [6, 6.07) is 13.8. The van der Waals surface area contributed by atoms with E-state index < -0.39 is 28.8 Å². The van der Waals surface area contributed by atoms with Gasteiger partial charge in [0.05, 0.1) is 10.8 Å². The van der Waals surface area contributed by atoms with Crippen LogP contribution in [-0.2, 0) is 28.4 Å². The number of carbonyl (C=O) groups excluding carboxylic acids is 1. The van der Waals surface area contributed by atoms with Gasteiger partial charge in [0, 0.05) is 17.6 Å². The molecule has 0 saturated carbocycles. The molecule has 2 aromatic carbocycles. The van der Waals surface area contributed by atoms with E-state index in [1.807, 2.05) is 6.07 Å². The zero-order chi connectivity index (χ0) is 21.2. The maximum absolute atomic E-state index is 12.1. The standard InChI is InChI=1S/C11H12F3NO4S.C8H10/c1-20(18)9-4-3-8(19-11(12,13)14)6-7(9)2-5-10(16)15-17;1-2-8-6-4-3-5-7-8/h3-4,6,17H,2,5H2,1H3,(H,15,16);3-7H,2H2,1H3. The van der Waals surface area contributed by atoms with Crippen LogP contribution in [0.1, 0.15) is 24.5 Å². The first-order chi connectivity index (χ1) is 13.2. The van der Waals surface area contributed by atoms with Crippen LogP contribution in [0.5, 0.6) is 5.75 Å². The monoisotopic (exact) mass is 417 g/mol. The van der Waals surface area contributed by atoms with Crippen LogP contribution >= 0.6 is 0 Å². The maximum Gasteiger partial charge on any atom is 0.573 e. The summed E-state index contributed by atoms with van der Waals surface area (Å²) in [6.07, 6.45) is -2.45. The molecule has 0 spiro atoms. The fourth-order valence-corrected chi connectivity index (χ4v) is 3.04. The minimum atomic E-state index is -4.83. The van der Waals surface area contributed by atoms with E-state index in [-0.39, 0.29) is 18.4 Å². The number of alkyl halides is 3. The Morgan fingerprint density at radius 1 is 1.18 bits per heavy atom. The number of ether oxygens (including phenoxy) is 1. The number of nitrogens with one attached hydrogen (secondary N) is 1. The molecule has 0 saturated heterocycles. The lowest BCUT2D eigenvalue weighted by atomic mass is 10.1. The van der Waals surface area contributed by atoms with Crippen LogP contribution in [0, 0.1) is 0 Å². The minimum Gasteiger partial charge on any atom is -0.406 e. The number of hydrogen-bond acceptors (Lipinski definition) is 4. The van der Waals surface area contributed by atoms with Gasteiger partial charge in [-0.25, -0.2) is 5.48 Å². The van der Waals surface area contributed by atoms with E-state index in [0.717, 1.165) is 18.6 Å². The Labute approximate surface area is 163 Å². The maximum atomic E-state index is 12.1. The van der Waals surface area contributed by atoms with Crippen molar-refractivity contribution in [1.82, 2.24) is 5.48 Å². The Morgan fingerprint density at radius 3 is 2.29 bits per heavy atom. The molecule has 0 aromatic heterocycles. The topological polar surface area (TPSA) is 75.6 Å². The molecule has 0 bridgehead atoms. The van der Waals surface area contributed by atoms with E-state index in [2.05, 4.69) is 35.9 Å². The van der Waals surface area contributed by atoms with Crippen molar-refractivity contribution in [2.75, 3.05) is 6.26 Å². The van der Waals surface area contributed by atoms with Crippen molar-refractivity contribution in [1.29, 1.82) is 0 Å². The second-order valence-corrected chi connectivity index (χ2v) is 6.99. The molecule has 5 nitrogen and oxygen atoms in total. The van der Waals surface area contributed by atoms with Gasteiger partial charge in [0.25, 0.3) is 0 Å². The molecule has 2 N–H and O–H groups in total. The highest BCUT2D eigenvalue weighted by atomic mass is 32.2. The lowest BCUT2D eigenvalue weighted by Crippen LogP contribution is -2.19. The molecule has 2 aromatic rings. The summed E-state index contributed by atoms with van der Waals surface area (Å²) in [5, 5.41) is 8.37. The molecule has 28 heavy (non-hydrogen) atoms. The lowest BCUT2D eigenvalue weighted by Gasteiger charge is -2.12. The zero-order valence-electron chi connectivity index (χ0n) is 15.5. The molecule has 0 heterocycles. The average molecular weight is 417 g/mol. The molecule has 0 fully saturated rings. The first-order valence-corrected chi connectivity index (χ1v) is 9.91. The van der Waals surface area contributed by atoms with Gasteiger partial charge < -0.3 is 4.74 Å². The van der Waals surface area contributed by atoms with Crippen LogP contribution in [0.3, 0.4) is 0 Å². The summed E-state index contributed by atoms with van der Waals surface area (Å²) in [5.41, 5.74) is 3.11. The quantitative estimate of drug-likeness (QED) is 0.550. The minimum absolute atomic E-state index is 0.0242. The molecule has 154 valence electrons. The van der Waals surface area contributed by atoms with Gasteiger partial charge in [0.15, 0.2) is 0 Å². The Balaban J connectivity index is 0.000000406.